The molecule has 1 heterocycles. The highest BCUT2D eigenvalue weighted by atomic mass is 32.2. The van der Waals surface area contributed by atoms with Gasteiger partial charge in [-0.25, -0.2) is 4.74 Å². The van der Waals surface area contributed by atoms with Gasteiger partial charge in [0.05, 0.1) is 0 Å². The number of halogens is 3. The van der Waals surface area contributed by atoms with E-state index in [1.54, 1.807) is 12.1 Å². The quantitative estimate of drug-likeness (QED) is 0.330. The number of ether oxygens (including phenoxy) is 1. The van der Waals surface area contributed by atoms with E-state index >= 15 is 0 Å². The standard InChI is InChI=1S/C15H14F3NO3S/c1-2-9-19(20)10-12-5-8-14(21-12)23-13-6-3-11(4-7-13)22-15(16,17)18/h3-8,10H,2,9H2,1H3/b19-10-. The monoisotopic (exact) mass is 345 g/mol. The third-order valence-electron chi connectivity index (χ3n) is 2.59. The lowest BCUT2D eigenvalue weighted by Gasteiger charge is -2.08. The summed E-state index contributed by atoms with van der Waals surface area (Å²) in [6, 6.07) is 8.79. The van der Waals surface area contributed by atoms with Crippen LogP contribution in [-0.2, 0) is 0 Å². The molecule has 1 aromatic heterocycles. The molecule has 2 rings (SSSR count). The van der Waals surface area contributed by atoms with Gasteiger partial charge in [-0.1, -0.05) is 18.7 Å². The van der Waals surface area contributed by atoms with Crippen molar-refractivity contribution in [3.63, 3.8) is 0 Å². The van der Waals surface area contributed by atoms with Crippen molar-refractivity contribution in [3.8, 4) is 5.75 Å². The van der Waals surface area contributed by atoms with E-state index in [2.05, 4.69) is 4.74 Å². The lowest BCUT2D eigenvalue weighted by Crippen LogP contribution is -2.16. The molecule has 4 nitrogen and oxygen atoms in total. The molecule has 0 aliphatic heterocycles. The van der Waals surface area contributed by atoms with Crippen molar-refractivity contribution in [2.45, 2.75) is 29.7 Å². The molecule has 0 radical (unpaired) electrons. The van der Waals surface area contributed by atoms with Gasteiger partial charge >= 0.3 is 6.36 Å². The van der Waals surface area contributed by atoms with Crippen molar-refractivity contribution >= 4 is 18.0 Å². The molecule has 23 heavy (non-hydrogen) atoms. The minimum atomic E-state index is -4.71. The second-order valence-corrected chi connectivity index (χ2v) is 5.63. The molecule has 2 aromatic rings. The molecule has 0 fully saturated rings. The molecular formula is C15H14F3NO3S. The fraction of sp³-hybridized carbons (Fsp3) is 0.267. The van der Waals surface area contributed by atoms with E-state index in [9.17, 15) is 18.4 Å². The molecular weight excluding hydrogens is 331 g/mol. The summed E-state index contributed by atoms with van der Waals surface area (Å²) >= 11 is 1.23. The Kier molecular flexibility index (Phi) is 5.59. The molecule has 8 heteroatoms. The highest BCUT2D eigenvalue weighted by Gasteiger charge is 2.30. The number of furan rings is 1. The van der Waals surface area contributed by atoms with E-state index in [0.29, 0.717) is 22.3 Å². The largest absolute Gasteiger partial charge is 0.624 e. The van der Waals surface area contributed by atoms with Gasteiger partial charge in [0.25, 0.3) is 0 Å². The smallest absolute Gasteiger partial charge is 0.573 e. The summed E-state index contributed by atoms with van der Waals surface area (Å²) in [6.07, 6.45) is -2.62. The number of alkyl halides is 3. The summed E-state index contributed by atoms with van der Waals surface area (Å²) in [5.41, 5.74) is 0. The van der Waals surface area contributed by atoms with Gasteiger partial charge in [-0.05, 0) is 36.4 Å². The lowest BCUT2D eigenvalue weighted by atomic mass is 10.3. The Morgan fingerprint density at radius 1 is 1.22 bits per heavy atom. The van der Waals surface area contributed by atoms with Gasteiger partial charge in [-0.2, -0.15) is 0 Å². The van der Waals surface area contributed by atoms with Crippen molar-refractivity contribution in [3.05, 3.63) is 47.4 Å². The highest BCUT2D eigenvalue weighted by molar-refractivity contribution is 7.99. The van der Waals surface area contributed by atoms with Crippen molar-refractivity contribution < 1.29 is 27.1 Å². The molecule has 0 aliphatic carbocycles. The molecule has 0 saturated heterocycles. The number of rotatable bonds is 6. The zero-order valence-electron chi connectivity index (χ0n) is 12.2. The van der Waals surface area contributed by atoms with Gasteiger partial charge in [0, 0.05) is 11.3 Å². The fourth-order valence-corrected chi connectivity index (χ4v) is 2.49. The topological polar surface area (TPSA) is 48.4 Å². The molecule has 0 saturated carbocycles. The SMILES string of the molecule is CCC/[N+]([O-])=C/c1ccc(Sc2ccc(OC(F)(F)F)cc2)o1. The molecule has 124 valence electrons. The average molecular weight is 345 g/mol. The Morgan fingerprint density at radius 2 is 1.91 bits per heavy atom. The van der Waals surface area contributed by atoms with Gasteiger partial charge in [-0.15, -0.1) is 13.2 Å². The summed E-state index contributed by atoms with van der Waals surface area (Å²) < 4.78 is 46.3. The van der Waals surface area contributed by atoms with E-state index in [-0.39, 0.29) is 5.75 Å². The molecule has 0 atom stereocenters. The van der Waals surface area contributed by atoms with Crippen LogP contribution in [0.15, 0.2) is 50.8 Å². The minimum Gasteiger partial charge on any atom is -0.624 e. The average Bonchev–Trinajstić information content (AvgIpc) is 2.87. The molecule has 0 unspecified atom stereocenters. The van der Waals surface area contributed by atoms with Crippen molar-refractivity contribution in [1.29, 1.82) is 0 Å². The Hall–Kier alpha value is -2.09. The van der Waals surface area contributed by atoms with Gasteiger partial charge in [0.1, 0.15) is 5.75 Å². The summed E-state index contributed by atoms with van der Waals surface area (Å²) in [4.78, 5) is 0.688. The maximum Gasteiger partial charge on any atom is 0.573 e. The lowest BCUT2D eigenvalue weighted by molar-refractivity contribution is -0.452. The first kappa shape index (κ1) is 17.3. The van der Waals surface area contributed by atoms with E-state index in [4.69, 9.17) is 4.42 Å². The molecule has 0 aliphatic rings. The number of hydrogen-bond acceptors (Lipinski definition) is 4. The van der Waals surface area contributed by atoms with Crippen LogP contribution in [0.25, 0.3) is 0 Å². The molecule has 0 bridgehead atoms. The molecule has 0 amide bonds. The van der Waals surface area contributed by atoms with Crippen LogP contribution < -0.4 is 4.74 Å². The van der Waals surface area contributed by atoms with Gasteiger partial charge < -0.3 is 14.4 Å². The summed E-state index contributed by atoms with van der Waals surface area (Å²) in [5.74, 6) is 0.143. The number of benzene rings is 1. The number of nitrogens with zero attached hydrogens (tertiary/aromatic N) is 1. The maximum absolute atomic E-state index is 12.1. The zero-order chi connectivity index (χ0) is 16.9. The molecule has 0 spiro atoms. The highest BCUT2D eigenvalue weighted by Crippen LogP contribution is 2.31. The van der Waals surface area contributed by atoms with E-state index < -0.39 is 6.36 Å². The molecule has 1 aromatic carbocycles. The van der Waals surface area contributed by atoms with Gasteiger partial charge in [0.15, 0.2) is 17.4 Å². The van der Waals surface area contributed by atoms with Crippen molar-refractivity contribution in [2.24, 2.45) is 0 Å². The second kappa shape index (κ2) is 7.45. The zero-order valence-corrected chi connectivity index (χ0v) is 13.0. The van der Waals surface area contributed by atoms with E-state index in [0.717, 1.165) is 11.2 Å². The van der Waals surface area contributed by atoms with E-state index in [1.807, 2.05) is 6.92 Å². The van der Waals surface area contributed by atoms with Crippen LogP contribution in [0.1, 0.15) is 19.1 Å². The van der Waals surface area contributed by atoms with Crippen LogP contribution in [0.4, 0.5) is 13.2 Å². The maximum atomic E-state index is 12.1. The van der Waals surface area contributed by atoms with E-state index in [1.165, 1.54) is 42.2 Å². The normalized spacial score (nSPS) is 12.4. The Labute approximate surface area is 135 Å². The number of hydrogen-bond donors (Lipinski definition) is 0. The Bertz CT molecular complexity index is 665. The minimum absolute atomic E-state index is 0.281. The van der Waals surface area contributed by atoms with Gasteiger partial charge in [0.2, 0.25) is 6.21 Å². The van der Waals surface area contributed by atoms with Crippen LogP contribution in [0.5, 0.6) is 5.75 Å². The summed E-state index contributed by atoms with van der Waals surface area (Å²) in [6.45, 7) is 2.28. The first-order valence-corrected chi connectivity index (χ1v) is 7.59. The predicted molar refractivity (Wildman–Crippen MR) is 79.9 cm³/mol. The van der Waals surface area contributed by atoms with Crippen LogP contribution in [0.2, 0.25) is 0 Å². The Morgan fingerprint density at radius 3 is 2.52 bits per heavy atom. The second-order valence-electron chi connectivity index (χ2n) is 4.55. The molecule has 0 N–H and O–H groups in total. The van der Waals surface area contributed by atoms with Crippen LogP contribution in [0.3, 0.4) is 0 Å². The number of hydroxylamine groups is 1. The Balaban J connectivity index is 2.00. The first-order valence-electron chi connectivity index (χ1n) is 6.78. The van der Waals surface area contributed by atoms with Gasteiger partial charge in [-0.3, -0.25) is 0 Å². The van der Waals surface area contributed by atoms with Crippen molar-refractivity contribution in [1.82, 2.24) is 0 Å². The first-order chi connectivity index (χ1) is 10.9. The van der Waals surface area contributed by atoms with Crippen LogP contribution >= 0.6 is 11.8 Å². The summed E-state index contributed by atoms with van der Waals surface area (Å²) in [5, 5.41) is 12.0. The fourth-order valence-electron chi connectivity index (χ4n) is 1.71. The third-order valence-corrected chi connectivity index (χ3v) is 3.52. The van der Waals surface area contributed by atoms with Crippen molar-refractivity contribution in [2.75, 3.05) is 6.54 Å². The van der Waals surface area contributed by atoms with Crippen LogP contribution in [-0.4, -0.2) is 23.9 Å². The third kappa shape index (κ3) is 5.90. The predicted octanol–water partition coefficient (Wildman–Crippen LogP) is 4.67. The summed E-state index contributed by atoms with van der Waals surface area (Å²) in [7, 11) is 0. The van der Waals surface area contributed by atoms with Crippen LogP contribution in [0, 0.1) is 5.21 Å².